The Morgan fingerprint density at radius 1 is 1.18 bits per heavy atom. The highest BCUT2D eigenvalue weighted by Crippen LogP contribution is 2.15. The van der Waals surface area contributed by atoms with Crippen LogP contribution in [-0.2, 0) is 19.4 Å². The molecule has 3 amide bonds. The van der Waals surface area contributed by atoms with Gasteiger partial charge in [-0.3, -0.25) is 4.79 Å². The van der Waals surface area contributed by atoms with Crippen LogP contribution in [0.15, 0.2) is 24.3 Å². The lowest BCUT2D eigenvalue weighted by atomic mass is 10.2. The number of anilines is 1. The Bertz CT molecular complexity index is 830. The molecular weight excluding hydrogens is 356 g/mol. The first-order valence-corrected chi connectivity index (χ1v) is 9.89. The quantitative estimate of drug-likeness (QED) is 0.712. The molecule has 2 aromatic rings. The fourth-order valence-electron chi connectivity index (χ4n) is 3.29. The summed E-state index contributed by atoms with van der Waals surface area (Å²) in [6.07, 6.45) is 5.15. The average molecular weight is 384 g/mol. The highest BCUT2D eigenvalue weighted by Gasteiger charge is 2.15. The van der Waals surface area contributed by atoms with E-state index in [1.807, 2.05) is 13.8 Å². The molecule has 1 aromatic carbocycles. The van der Waals surface area contributed by atoms with Crippen molar-refractivity contribution in [2.24, 2.45) is 0 Å². The zero-order valence-corrected chi connectivity index (χ0v) is 16.5. The van der Waals surface area contributed by atoms with Gasteiger partial charge in [0.2, 0.25) is 0 Å². The SMILES string of the molecule is CC(C)NC(=O)Nc1cccc(C(=O)NCCc2nnc3n2CCCCC3)c1. The van der Waals surface area contributed by atoms with E-state index in [1.54, 1.807) is 24.3 Å². The Morgan fingerprint density at radius 3 is 2.86 bits per heavy atom. The van der Waals surface area contributed by atoms with Crippen LogP contribution in [0.1, 0.15) is 55.1 Å². The minimum Gasteiger partial charge on any atom is -0.352 e. The fourth-order valence-corrected chi connectivity index (χ4v) is 3.29. The number of fused-ring (bicyclic) bond motifs is 1. The van der Waals surface area contributed by atoms with Crippen molar-refractivity contribution in [2.75, 3.05) is 11.9 Å². The molecule has 3 N–H and O–H groups in total. The Labute approximate surface area is 165 Å². The van der Waals surface area contributed by atoms with Gasteiger partial charge >= 0.3 is 6.03 Å². The van der Waals surface area contributed by atoms with E-state index in [-0.39, 0.29) is 18.0 Å². The van der Waals surface area contributed by atoms with Gasteiger partial charge in [-0.15, -0.1) is 10.2 Å². The molecular formula is C20H28N6O2. The summed E-state index contributed by atoms with van der Waals surface area (Å²) in [4.78, 5) is 24.3. The van der Waals surface area contributed by atoms with Gasteiger partial charge in [-0.1, -0.05) is 12.5 Å². The molecule has 28 heavy (non-hydrogen) atoms. The first-order chi connectivity index (χ1) is 13.5. The number of carbonyl (C=O) groups excluding carboxylic acids is 2. The highest BCUT2D eigenvalue weighted by atomic mass is 16.2. The van der Waals surface area contributed by atoms with E-state index in [9.17, 15) is 9.59 Å². The highest BCUT2D eigenvalue weighted by molar-refractivity contribution is 5.96. The number of amides is 3. The Morgan fingerprint density at radius 2 is 2.04 bits per heavy atom. The summed E-state index contributed by atoms with van der Waals surface area (Å²) in [6.45, 7) is 5.22. The lowest BCUT2D eigenvalue weighted by Gasteiger charge is -2.11. The lowest BCUT2D eigenvalue weighted by Crippen LogP contribution is -2.34. The Hall–Kier alpha value is -2.90. The largest absolute Gasteiger partial charge is 0.352 e. The van der Waals surface area contributed by atoms with Crippen molar-refractivity contribution in [1.29, 1.82) is 0 Å². The van der Waals surface area contributed by atoms with Gasteiger partial charge in [-0.05, 0) is 44.9 Å². The molecule has 8 heteroatoms. The van der Waals surface area contributed by atoms with Gasteiger partial charge in [0.25, 0.3) is 5.91 Å². The van der Waals surface area contributed by atoms with Crippen LogP contribution in [0.5, 0.6) is 0 Å². The van der Waals surface area contributed by atoms with Crippen LogP contribution in [0.4, 0.5) is 10.5 Å². The number of nitrogens with one attached hydrogen (secondary N) is 3. The molecule has 0 atom stereocenters. The van der Waals surface area contributed by atoms with Gasteiger partial charge in [0.05, 0.1) is 0 Å². The topological polar surface area (TPSA) is 101 Å². The second kappa shape index (κ2) is 9.34. The second-order valence-electron chi connectivity index (χ2n) is 7.33. The molecule has 8 nitrogen and oxygen atoms in total. The van der Waals surface area contributed by atoms with Crippen LogP contribution in [-0.4, -0.2) is 39.3 Å². The van der Waals surface area contributed by atoms with Gasteiger partial charge in [-0.2, -0.15) is 0 Å². The summed E-state index contributed by atoms with van der Waals surface area (Å²) in [5, 5.41) is 17.0. The van der Waals surface area contributed by atoms with E-state index in [2.05, 4.69) is 30.7 Å². The number of carbonyl (C=O) groups is 2. The Kier molecular flexibility index (Phi) is 6.62. The molecule has 0 saturated heterocycles. The van der Waals surface area contributed by atoms with Crippen molar-refractivity contribution in [3.05, 3.63) is 41.5 Å². The lowest BCUT2D eigenvalue weighted by molar-refractivity contribution is 0.0954. The van der Waals surface area contributed by atoms with Gasteiger partial charge in [0.1, 0.15) is 11.6 Å². The van der Waals surface area contributed by atoms with E-state index in [4.69, 9.17) is 0 Å². The summed E-state index contributed by atoms with van der Waals surface area (Å²) >= 11 is 0. The predicted octanol–water partition coefficient (Wildman–Crippen LogP) is 2.51. The van der Waals surface area contributed by atoms with Crippen molar-refractivity contribution in [3.63, 3.8) is 0 Å². The maximum Gasteiger partial charge on any atom is 0.319 e. The third-order valence-electron chi connectivity index (χ3n) is 4.62. The number of nitrogens with zero attached hydrogens (tertiary/aromatic N) is 3. The van der Waals surface area contributed by atoms with Crippen molar-refractivity contribution in [3.8, 4) is 0 Å². The molecule has 0 bridgehead atoms. The molecule has 0 radical (unpaired) electrons. The van der Waals surface area contributed by atoms with Crippen LogP contribution >= 0.6 is 0 Å². The molecule has 150 valence electrons. The van der Waals surface area contributed by atoms with Crippen molar-refractivity contribution >= 4 is 17.6 Å². The molecule has 1 aromatic heterocycles. The van der Waals surface area contributed by atoms with Crippen molar-refractivity contribution < 1.29 is 9.59 Å². The maximum atomic E-state index is 12.5. The molecule has 0 unspecified atom stereocenters. The smallest absolute Gasteiger partial charge is 0.319 e. The molecule has 3 rings (SSSR count). The summed E-state index contributed by atoms with van der Waals surface area (Å²) in [7, 11) is 0. The molecule has 1 aliphatic heterocycles. The molecule has 0 saturated carbocycles. The molecule has 0 spiro atoms. The van der Waals surface area contributed by atoms with Gasteiger partial charge in [0.15, 0.2) is 0 Å². The standard InChI is InChI=1S/C20H28N6O2/c1-14(2)22-20(28)23-16-8-6-7-15(13-16)19(27)21-11-10-18-25-24-17-9-4-3-5-12-26(17)18/h6-8,13-14H,3-5,9-12H2,1-2H3,(H,21,27)(H2,22,23,28). The summed E-state index contributed by atoms with van der Waals surface area (Å²) in [6, 6.07) is 6.64. The number of hydrogen-bond donors (Lipinski definition) is 3. The van der Waals surface area contributed by atoms with Gasteiger partial charge < -0.3 is 20.5 Å². The van der Waals surface area contributed by atoms with Gasteiger partial charge in [0, 0.05) is 43.2 Å². The number of urea groups is 1. The van der Waals surface area contributed by atoms with E-state index >= 15 is 0 Å². The van der Waals surface area contributed by atoms with Crippen molar-refractivity contribution in [2.45, 2.75) is 58.5 Å². The number of aryl methyl sites for hydroxylation is 1. The van der Waals surface area contributed by atoms with Crippen LogP contribution < -0.4 is 16.0 Å². The fraction of sp³-hybridized carbons (Fsp3) is 0.500. The predicted molar refractivity (Wildman–Crippen MR) is 107 cm³/mol. The number of aromatic nitrogens is 3. The summed E-state index contributed by atoms with van der Waals surface area (Å²) in [5.41, 5.74) is 1.08. The third kappa shape index (κ3) is 5.31. The van der Waals surface area contributed by atoms with Crippen LogP contribution in [0.25, 0.3) is 0 Å². The zero-order valence-electron chi connectivity index (χ0n) is 16.5. The second-order valence-corrected chi connectivity index (χ2v) is 7.33. The van der Waals surface area contributed by atoms with Crippen LogP contribution in [0, 0.1) is 0 Å². The molecule has 2 heterocycles. The normalized spacial score (nSPS) is 13.5. The summed E-state index contributed by atoms with van der Waals surface area (Å²) in [5.74, 6) is 1.80. The van der Waals surface area contributed by atoms with E-state index in [1.165, 1.54) is 6.42 Å². The molecule has 0 aliphatic carbocycles. The number of benzene rings is 1. The summed E-state index contributed by atoms with van der Waals surface area (Å²) < 4.78 is 2.19. The monoisotopic (exact) mass is 384 g/mol. The first kappa shape index (κ1) is 19.9. The molecule has 0 fully saturated rings. The first-order valence-electron chi connectivity index (χ1n) is 9.89. The van der Waals surface area contributed by atoms with E-state index in [0.29, 0.717) is 24.2 Å². The minimum atomic E-state index is -0.292. The van der Waals surface area contributed by atoms with Gasteiger partial charge in [-0.25, -0.2) is 4.79 Å². The van der Waals surface area contributed by atoms with E-state index in [0.717, 1.165) is 37.5 Å². The van der Waals surface area contributed by atoms with Crippen molar-refractivity contribution in [1.82, 2.24) is 25.4 Å². The average Bonchev–Trinajstić information content (AvgIpc) is 2.87. The van der Waals surface area contributed by atoms with Crippen LogP contribution in [0.3, 0.4) is 0 Å². The number of hydrogen-bond acceptors (Lipinski definition) is 4. The zero-order chi connectivity index (χ0) is 19.9. The van der Waals surface area contributed by atoms with E-state index < -0.39 is 0 Å². The maximum absolute atomic E-state index is 12.5. The van der Waals surface area contributed by atoms with Crippen LogP contribution in [0.2, 0.25) is 0 Å². The Balaban J connectivity index is 1.53. The third-order valence-corrected chi connectivity index (χ3v) is 4.62. The number of rotatable bonds is 6. The minimum absolute atomic E-state index is 0.0404. The molecule has 1 aliphatic rings.